The van der Waals surface area contributed by atoms with E-state index in [1.165, 1.54) is 17.0 Å². The van der Waals surface area contributed by atoms with Crippen molar-refractivity contribution in [1.82, 2.24) is 19.8 Å². The van der Waals surface area contributed by atoms with E-state index >= 15 is 0 Å². The number of amides is 3. The van der Waals surface area contributed by atoms with Gasteiger partial charge in [0.05, 0.1) is 19.0 Å². The summed E-state index contributed by atoms with van der Waals surface area (Å²) < 4.78 is 52.7. The minimum absolute atomic E-state index is 0.0484. The molecular weight excluding hydrogens is 467 g/mol. The van der Waals surface area contributed by atoms with Crippen molar-refractivity contribution in [2.75, 3.05) is 58.3 Å². The second-order valence-corrected chi connectivity index (χ2v) is 10.4. The Kier molecular flexibility index (Phi) is 9.63. The van der Waals surface area contributed by atoms with E-state index in [0.29, 0.717) is 57.7 Å². The summed E-state index contributed by atoms with van der Waals surface area (Å²) in [5, 5.41) is 2.21. The Hall–Kier alpha value is -2.28. The summed E-state index contributed by atoms with van der Waals surface area (Å²) in [6.45, 7) is 6.14. The number of nitrogens with one attached hydrogen (secondary N) is 2. The van der Waals surface area contributed by atoms with Gasteiger partial charge in [0.1, 0.15) is 13.2 Å². The molecule has 2 saturated heterocycles. The first kappa shape index (κ1) is 26.3. The third-order valence-electron chi connectivity index (χ3n) is 5.79. The highest BCUT2D eigenvalue weighted by molar-refractivity contribution is 7.89. The van der Waals surface area contributed by atoms with Crippen molar-refractivity contribution < 1.29 is 31.9 Å². The molecule has 0 radical (unpaired) electrons. The van der Waals surface area contributed by atoms with E-state index < -0.39 is 27.9 Å². The van der Waals surface area contributed by atoms with E-state index in [0.717, 1.165) is 13.1 Å². The second kappa shape index (κ2) is 12.4. The zero-order valence-electron chi connectivity index (χ0n) is 19.4. The van der Waals surface area contributed by atoms with Gasteiger partial charge in [0.25, 0.3) is 0 Å². The molecule has 190 valence electrons. The molecule has 0 saturated carbocycles. The summed E-state index contributed by atoms with van der Waals surface area (Å²) in [5.41, 5.74) is 0.607. The quantitative estimate of drug-likeness (QED) is 0.309. The van der Waals surface area contributed by atoms with Crippen LogP contribution in [0.4, 0.5) is 9.18 Å². The predicted octanol–water partition coefficient (Wildman–Crippen LogP) is 1.24. The summed E-state index contributed by atoms with van der Waals surface area (Å²) >= 11 is 0. The average Bonchev–Trinajstić information content (AvgIpc) is 3.11. The van der Waals surface area contributed by atoms with Gasteiger partial charge < -0.3 is 14.4 Å². The minimum Gasteiger partial charge on any atom is -0.489 e. The number of hydrogen-bond donors (Lipinski definition) is 2. The van der Waals surface area contributed by atoms with Gasteiger partial charge in [-0.3, -0.25) is 15.0 Å². The van der Waals surface area contributed by atoms with Crippen LogP contribution in [-0.2, 0) is 19.6 Å². The van der Waals surface area contributed by atoms with E-state index in [1.54, 1.807) is 13.0 Å². The standard InChI is InChI=1S/C22H33FN4O6S/c1-17(25-34(30,31)14-4-2-3-7-27-16-21(28)24-22(27)29)18-5-6-19(23)20(15-18)33-13-10-26-8-11-32-12-9-26/h5-6,15,17,25H,2-4,7-14,16H2,1H3,(H,24,28,29)/t17-/m1/s1. The Morgan fingerprint density at radius 3 is 2.65 bits per heavy atom. The lowest BCUT2D eigenvalue weighted by Crippen LogP contribution is -2.38. The van der Waals surface area contributed by atoms with Gasteiger partial charge in [0.15, 0.2) is 11.6 Å². The Labute approximate surface area is 199 Å². The zero-order valence-corrected chi connectivity index (χ0v) is 20.2. The average molecular weight is 501 g/mol. The largest absolute Gasteiger partial charge is 0.489 e. The van der Waals surface area contributed by atoms with Gasteiger partial charge in [0.2, 0.25) is 15.9 Å². The maximum atomic E-state index is 14.2. The van der Waals surface area contributed by atoms with Crippen molar-refractivity contribution in [2.45, 2.75) is 32.2 Å². The van der Waals surface area contributed by atoms with Gasteiger partial charge in [-0.2, -0.15) is 0 Å². The van der Waals surface area contributed by atoms with Crippen LogP contribution in [0.25, 0.3) is 0 Å². The molecule has 0 aliphatic carbocycles. The van der Waals surface area contributed by atoms with Gasteiger partial charge >= 0.3 is 6.03 Å². The molecule has 3 rings (SSSR count). The molecule has 0 bridgehead atoms. The molecule has 2 aliphatic heterocycles. The van der Waals surface area contributed by atoms with Crippen molar-refractivity contribution in [3.05, 3.63) is 29.6 Å². The molecule has 2 fully saturated rings. The number of morpholine rings is 1. The van der Waals surface area contributed by atoms with Gasteiger partial charge in [-0.25, -0.2) is 22.3 Å². The lowest BCUT2D eigenvalue weighted by atomic mass is 10.1. The number of unbranched alkanes of at least 4 members (excludes halogenated alkanes) is 2. The zero-order chi connectivity index (χ0) is 24.6. The molecule has 1 atom stereocenters. The number of carbonyl (C=O) groups is 2. The fourth-order valence-corrected chi connectivity index (χ4v) is 5.22. The van der Waals surface area contributed by atoms with Crippen molar-refractivity contribution in [2.24, 2.45) is 0 Å². The van der Waals surface area contributed by atoms with E-state index in [1.807, 2.05) is 0 Å². The van der Waals surface area contributed by atoms with Crippen molar-refractivity contribution in [3.8, 4) is 5.75 Å². The lowest BCUT2D eigenvalue weighted by molar-refractivity contribution is -0.118. The highest BCUT2D eigenvalue weighted by atomic mass is 32.2. The van der Waals surface area contributed by atoms with Crippen molar-refractivity contribution in [3.63, 3.8) is 0 Å². The molecule has 0 aromatic heterocycles. The lowest BCUT2D eigenvalue weighted by Gasteiger charge is -2.26. The minimum atomic E-state index is -3.55. The summed E-state index contributed by atoms with van der Waals surface area (Å²) in [4.78, 5) is 26.2. The van der Waals surface area contributed by atoms with Gasteiger partial charge in [-0.1, -0.05) is 12.5 Å². The fraction of sp³-hybridized carbons (Fsp3) is 0.636. The molecule has 2 aliphatic rings. The van der Waals surface area contributed by atoms with Crippen LogP contribution in [-0.4, -0.2) is 88.5 Å². The Morgan fingerprint density at radius 1 is 1.18 bits per heavy atom. The number of rotatable bonds is 13. The summed E-state index contributed by atoms with van der Waals surface area (Å²) in [7, 11) is -3.55. The smallest absolute Gasteiger partial charge is 0.324 e. The monoisotopic (exact) mass is 500 g/mol. The second-order valence-electron chi connectivity index (χ2n) is 8.49. The van der Waals surface area contributed by atoms with E-state index in [-0.39, 0.29) is 24.0 Å². The molecule has 34 heavy (non-hydrogen) atoms. The summed E-state index contributed by atoms with van der Waals surface area (Å²) in [6.07, 6.45) is 1.63. The number of imide groups is 1. The molecule has 12 heteroatoms. The Bertz CT molecular complexity index is 955. The van der Waals surface area contributed by atoms with Crippen molar-refractivity contribution >= 4 is 22.0 Å². The van der Waals surface area contributed by atoms with E-state index in [9.17, 15) is 22.4 Å². The number of ether oxygens (including phenoxy) is 2. The number of benzene rings is 1. The van der Waals surface area contributed by atoms with Crippen molar-refractivity contribution in [1.29, 1.82) is 0 Å². The maximum absolute atomic E-state index is 14.2. The highest BCUT2D eigenvalue weighted by Crippen LogP contribution is 2.23. The van der Waals surface area contributed by atoms with Gasteiger partial charge in [-0.15, -0.1) is 0 Å². The highest BCUT2D eigenvalue weighted by Gasteiger charge is 2.25. The topological polar surface area (TPSA) is 117 Å². The molecule has 2 heterocycles. The predicted molar refractivity (Wildman–Crippen MR) is 123 cm³/mol. The van der Waals surface area contributed by atoms with Crippen LogP contribution in [0.3, 0.4) is 0 Å². The van der Waals surface area contributed by atoms with Crippen LogP contribution >= 0.6 is 0 Å². The number of nitrogens with zero attached hydrogens (tertiary/aromatic N) is 2. The SMILES string of the molecule is C[C@@H](NS(=O)(=O)CCCCCN1CC(=O)NC1=O)c1ccc(F)c(OCCN2CCOCC2)c1. The third kappa shape index (κ3) is 8.19. The number of hydrogen-bond acceptors (Lipinski definition) is 7. The van der Waals surface area contributed by atoms with Gasteiger partial charge in [-0.05, 0) is 37.5 Å². The Balaban J connectivity index is 1.41. The van der Waals surface area contributed by atoms with Crippen LogP contribution in [0, 0.1) is 5.82 Å². The molecule has 0 unspecified atom stereocenters. The molecular formula is C22H33FN4O6S. The first-order valence-electron chi connectivity index (χ1n) is 11.5. The molecule has 1 aromatic rings. The normalized spacial score (nSPS) is 18.2. The van der Waals surface area contributed by atoms with E-state index in [2.05, 4.69) is 14.9 Å². The summed E-state index contributed by atoms with van der Waals surface area (Å²) in [5.74, 6) is -0.778. The van der Waals surface area contributed by atoms with E-state index in [4.69, 9.17) is 9.47 Å². The van der Waals surface area contributed by atoms with Crippen LogP contribution in [0.5, 0.6) is 5.75 Å². The number of carbonyl (C=O) groups excluding carboxylic acids is 2. The summed E-state index contributed by atoms with van der Waals surface area (Å²) in [6, 6.07) is 3.40. The first-order valence-corrected chi connectivity index (χ1v) is 13.2. The van der Waals surface area contributed by atoms with Crippen LogP contribution in [0.1, 0.15) is 37.8 Å². The number of sulfonamides is 1. The Morgan fingerprint density at radius 2 is 1.94 bits per heavy atom. The molecule has 1 aromatic carbocycles. The van der Waals surface area contributed by atoms with Crippen LogP contribution in [0.2, 0.25) is 0 Å². The molecule has 3 amide bonds. The maximum Gasteiger partial charge on any atom is 0.324 e. The van der Waals surface area contributed by atoms with Gasteiger partial charge in [0, 0.05) is 32.2 Å². The fourth-order valence-electron chi connectivity index (χ4n) is 3.84. The number of halogens is 1. The van der Waals surface area contributed by atoms with Crippen LogP contribution < -0.4 is 14.8 Å². The third-order valence-corrected chi connectivity index (χ3v) is 7.33. The molecule has 0 spiro atoms. The first-order chi connectivity index (χ1) is 16.2. The molecule has 2 N–H and O–H groups in total. The molecule has 10 nitrogen and oxygen atoms in total. The number of urea groups is 1. The van der Waals surface area contributed by atoms with Crippen LogP contribution in [0.15, 0.2) is 18.2 Å².